The van der Waals surface area contributed by atoms with E-state index in [1.54, 1.807) is 6.08 Å². The van der Waals surface area contributed by atoms with Gasteiger partial charge >= 0.3 is 0 Å². The van der Waals surface area contributed by atoms with Crippen LogP contribution in [0.4, 0.5) is 0 Å². The molecule has 0 saturated heterocycles. The lowest BCUT2D eigenvalue weighted by Crippen LogP contribution is -2.19. The fraction of sp³-hybridized carbons (Fsp3) is 0.556. The molecule has 0 heterocycles. The van der Waals surface area contributed by atoms with Gasteiger partial charge in [-0.3, -0.25) is 0 Å². The molecule has 106 valence electrons. The van der Waals surface area contributed by atoms with Crippen LogP contribution in [0.1, 0.15) is 57.9 Å². The van der Waals surface area contributed by atoms with Gasteiger partial charge in [-0.2, -0.15) is 0 Å². The molecule has 0 amide bonds. The summed E-state index contributed by atoms with van der Waals surface area (Å²) in [4.78, 5) is 0. The summed E-state index contributed by atoms with van der Waals surface area (Å²) < 4.78 is 21.3. The summed E-state index contributed by atoms with van der Waals surface area (Å²) in [5, 5.41) is 9.43. The van der Waals surface area contributed by atoms with Crippen LogP contribution in [0.5, 0.6) is 0 Å². The summed E-state index contributed by atoms with van der Waals surface area (Å²) in [7, 11) is 0. The van der Waals surface area contributed by atoms with Crippen LogP contribution >= 0.6 is 0 Å². The Hall–Kier alpha value is -1.08. The highest BCUT2D eigenvalue weighted by molar-refractivity contribution is 5.36. The zero-order valence-corrected chi connectivity index (χ0v) is 12.5. The largest absolute Gasteiger partial charge is 0.389 e. The van der Waals surface area contributed by atoms with Gasteiger partial charge in [-0.05, 0) is 50.9 Å². The number of hydrogen-bond acceptors (Lipinski definition) is 1. The van der Waals surface area contributed by atoms with Gasteiger partial charge in [0.15, 0.2) is 0 Å². The van der Waals surface area contributed by atoms with Crippen LogP contribution < -0.4 is 0 Å². The van der Waals surface area contributed by atoms with E-state index in [9.17, 15) is 5.11 Å². The lowest BCUT2D eigenvalue weighted by atomic mass is 9.72. The third kappa shape index (κ3) is 5.20. The highest BCUT2D eigenvalue weighted by Crippen LogP contribution is 2.40. The fourth-order valence-electron chi connectivity index (χ4n) is 2.59. The van der Waals surface area contributed by atoms with Gasteiger partial charge in [0, 0.05) is 4.11 Å². The molecule has 0 fully saturated rings. The van der Waals surface area contributed by atoms with Crippen molar-refractivity contribution in [3.63, 3.8) is 0 Å². The average molecular weight is 263 g/mol. The van der Waals surface area contributed by atoms with Crippen molar-refractivity contribution in [2.24, 2.45) is 5.41 Å². The third-order valence-corrected chi connectivity index (χ3v) is 3.71. The van der Waals surface area contributed by atoms with Crippen LogP contribution in [-0.4, -0.2) is 11.2 Å². The van der Waals surface area contributed by atoms with Gasteiger partial charge in [-0.1, -0.05) is 55.4 Å². The summed E-state index contributed by atoms with van der Waals surface area (Å²) in [6.07, 6.45) is 11.2. The molecule has 0 saturated carbocycles. The highest BCUT2D eigenvalue weighted by atomic mass is 16.3. The van der Waals surface area contributed by atoms with Gasteiger partial charge in [0.2, 0.25) is 0 Å². The molecular formula is C18H28O. The minimum atomic E-state index is -2.36. The van der Waals surface area contributed by atoms with E-state index in [1.807, 2.05) is 13.0 Å². The molecule has 19 heavy (non-hydrogen) atoms. The van der Waals surface area contributed by atoms with Gasteiger partial charge in [0.25, 0.3) is 0 Å². The molecule has 0 radical (unpaired) electrons. The SMILES string of the molecule is [2H]C([2H])([2H])C(O)/C=C/C=C(C)\C=C\C1=C(C)CCCC1(C)C. The van der Waals surface area contributed by atoms with Gasteiger partial charge in [-0.15, -0.1) is 0 Å². The highest BCUT2D eigenvalue weighted by Gasteiger charge is 2.26. The maximum Gasteiger partial charge on any atom is 0.0695 e. The molecule has 1 N–H and O–H groups in total. The smallest absolute Gasteiger partial charge is 0.0695 e. The molecule has 1 rings (SSSR count). The van der Waals surface area contributed by atoms with Crippen LogP contribution in [0.25, 0.3) is 0 Å². The van der Waals surface area contributed by atoms with E-state index < -0.39 is 13.0 Å². The van der Waals surface area contributed by atoms with E-state index in [4.69, 9.17) is 4.11 Å². The second-order valence-electron chi connectivity index (χ2n) is 6.01. The molecule has 1 aliphatic rings. The molecule has 0 aromatic carbocycles. The minimum absolute atomic E-state index is 0.215. The Kier molecular flexibility index (Phi) is 4.26. The van der Waals surface area contributed by atoms with Gasteiger partial charge in [-0.25, -0.2) is 0 Å². The van der Waals surface area contributed by atoms with Crippen molar-refractivity contribution in [2.75, 3.05) is 0 Å². The van der Waals surface area contributed by atoms with Crippen molar-refractivity contribution >= 4 is 0 Å². The normalized spacial score (nSPS) is 25.5. The third-order valence-electron chi connectivity index (χ3n) is 3.71. The first-order chi connectivity index (χ1) is 10.0. The van der Waals surface area contributed by atoms with Crippen molar-refractivity contribution in [3.05, 3.63) is 47.1 Å². The predicted molar refractivity (Wildman–Crippen MR) is 84.0 cm³/mol. The Bertz CT molecular complexity index is 505. The first-order valence-electron chi connectivity index (χ1n) is 8.45. The molecule has 0 aromatic rings. The standard InChI is InChI=1S/C18H28O/c1-14(8-6-10-16(3)19)11-12-17-15(2)9-7-13-18(17,4)5/h6,8,10-12,16,19H,7,9,13H2,1-5H3/b10-6+,12-11+,14-8-/i3D3. The van der Waals surface area contributed by atoms with Crippen molar-refractivity contribution in [2.45, 2.75) is 59.9 Å². The first-order valence-corrected chi connectivity index (χ1v) is 6.95. The molecule has 0 bridgehead atoms. The number of allylic oxidation sites excluding steroid dienone is 7. The van der Waals surface area contributed by atoms with E-state index in [0.717, 1.165) is 12.0 Å². The predicted octanol–water partition coefficient (Wildman–Crippen LogP) is 4.95. The molecule has 1 unspecified atom stereocenters. The molecule has 1 heteroatoms. The molecule has 0 spiro atoms. The quantitative estimate of drug-likeness (QED) is 0.711. The molecular weight excluding hydrogens is 232 g/mol. The van der Waals surface area contributed by atoms with Crippen molar-refractivity contribution < 1.29 is 9.22 Å². The van der Waals surface area contributed by atoms with Crippen LogP contribution in [0.2, 0.25) is 0 Å². The Morgan fingerprint density at radius 3 is 2.84 bits per heavy atom. The lowest BCUT2D eigenvalue weighted by molar-refractivity contribution is 0.244. The van der Waals surface area contributed by atoms with Gasteiger partial charge in [0.05, 0.1) is 6.10 Å². The number of rotatable bonds is 4. The van der Waals surface area contributed by atoms with Gasteiger partial charge < -0.3 is 5.11 Å². The van der Waals surface area contributed by atoms with Gasteiger partial charge in [0.1, 0.15) is 0 Å². The first kappa shape index (κ1) is 11.7. The summed E-state index contributed by atoms with van der Waals surface area (Å²) >= 11 is 0. The molecule has 1 nitrogen and oxygen atoms in total. The van der Waals surface area contributed by atoms with Crippen LogP contribution in [0.3, 0.4) is 0 Å². The average Bonchev–Trinajstić information content (AvgIpc) is 2.36. The minimum Gasteiger partial charge on any atom is -0.389 e. The van der Waals surface area contributed by atoms with Crippen LogP contribution in [0, 0.1) is 5.41 Å². The van der Waals surface area contributed by atoms with E-state index >= 15 is 0 Å². The maximum absolute atomic E-state index is 9.43. The van der Waals surface area contributed by atoms with Crippen molar-refractivity contribution in [1.29, 1.82) is 0 Å². The number of aliphatic hydroxyl groups is 1. The van der Waals surface area contributed by atoms with E-state index in [2.05, 4.69) is 32.9 Å². The summed E-state index contributed by atoms with van der Waals surface area (Å²) in [5.41, 5.74) is 4.09. The number of aliphatic hydroxyl groups excluding tert-OH is 1. The second kappa shape index (κ2) is 6.91. The summed E-state index contributed by atoms with van der Waals surface area (Å²) in [6.45, 7) is 6.37. The van der Waals surface area contributed by atoms with Crippen LogP contribution in [0.15, 0.2) is 47.1 Å². The Balaban J connectivity index is 2.77. The molecule has 0 aromatic heterocycles. The Labute approximate surface area is 122 Å². The number of hydrogen-bond donors (Lipinski definition) is 1. The Morgan fingerprint density at radius 2 is 2.21 bits per heavy atom. The molecule has 1 atom stereocenters. The zero-order chi connectivity index (χ0) is 17.0. The second-order valence-corrected chi connectivity index (χ2v) is 6.01. The Morgan fingerprint density at radius 1 is 1.47 bits per heavy atom. The summed E-state index contributed by atoms with van der Waals surface area (Å²) in [5.74, 6) is 0. The van der Waals surface area contributed by atoms with Crippen LogP contribution in [-0.2, 0) is 0 Å². The molecule has 0 aliphatic heterocycles. The van der Waals surface area contributed by atoms with Crippen molar-refractivity contribution in [1.82, 2.24) is 0 Å². The maximum atomic E-state index is 9.43. The zero-order valence-electron chi connectivity index (χ0n) is 15.5. The monoisotopic (exact) mass is 263 g/mol. The fourth-order valence-corrected chi connectivity index (χ4v) is 2.59. The lowest BCUT2D eigenvalue weighted by Gasteiger charge is -2.32. The molecule has 1 aliphatic carbocycles. The van der Waals surface area contributed by atoms with E-state index in [0.29, 0.717) is 0 Å². The topological polar surface area (TPSA) is 20.2 Å². The van der Waals surface area contributed by atoms with Crippen molar-refractivity contribution in [3.8, 4) is 0 Å². The van der Waals surface area contributed by atoms with E-state index in [-0.39, 0.29) is 5.41 Å². The van der Waals surface area contributed by atoms with E-state index in [1.165, 1.54) is 30.1 Å². The summed E-state index contributed by atoms with van der Waals surface area (Å²) in [6, 6.07) is 0.